The zero-order valence-electron chi connectivity index (χ0n) is 12.2. The number of nitrogens with one attached hydrogen (secondary N) is 1. The minimum absolute atomic E-state index is 0.0870. The number of anilines is 1. The number of likely N-dealkylation sites (tertiary alicyclic amines) is 1. The van der Waals surface area contributed by atoms with Crippen molar-refractivity contribution in [3.63, 3.8) is 0 Å². The Balaban J connectivity index is 2.20. The van der Waals surface area contributed by atoms with Crippen LogP contribution in [0.2, 0.25) is 0 Å². The number of halogens is 1. The van der Waals surface area contributed by atoms with Gasteiger partial charge in [-0.25, -0.2) is 4.98 Å². The molecule has 2 rings (SSSR count). The summed E-state index contributed by atoms with van der Waals surface area (Å²) in [7, 11) is 0. The van der Waals surface area contributed by atoms with Crippen LogP contribution in [0.1, 0.15) is 43.5 Å². The molecule has 4 nitrogen and oxygen atoms in total. The van der Waals surface area contributed by atoms with Crippen LogP contribution in [0, 0.1) is 5.92 Å². The summed E-state index contributed by atoms with van der Waals surface area (Å²) in [6.45, 7) is 6.82. The van der Waals surface area contributed by atoms with Crippen molar-refractivity contribution in [2.75, 3.05) is 25.0 Å². The number of pyridine rings is 1. The van der Waals surface area contributed by atoms with E-state index in [2.05, 4.69) is 40.1 Å². The van der Waals surface area contributed by atoms with Crippen LogP contribution < -0.4 is 5.32 Å². The molecule has 5 heteroatoms. The molecule has 20 heavy (non-hydrogen) atoms. The summed E-state index contributed by atoms with van der Waals surface area (Å²) in [4.78, 5) is 19.0. The highest BCUT2D eigenvalue weighted by Gasteiger charge is 2.24. The van der Waals surface area contributed by atoms with Gasteiger partial charge in [-0.1, -0.05) is 13.8 Å². The lowest BCUT2D eigenvalue weighted by Gasteiger charge is -2.31. The molecular formula is C15H22BrN3O. The molecule has 1 atom stereocenters. The van der Waals surface area contributed by atoms with Gasteiger partial charge >= 0.3 is 0 Å². The number of carbonyl (C=O) groups is 1. The number of nitrogens with zero attached hydrogens (tertiary/aromatic N) is 2. The summed E-state index contributed by atoms with van der Waals surface area (Å²) in [6.07, 6.45) is 5.03. The van der Waals surface area contributed by atoms with Crippen LogP contribution in [0.25, 0.3) is 0 Å². The van der Waals surface area contributed by atoms with Gasteiger partial charge in [0.05, 0.1) is 5.56 Å². The maximum Gasteiger partial charge on any atom is 0.257 e. The number of hydrogen-bond donors (Lipinski definition) is 1. The minimum Gasteiger partial charge on any atom is -0.369 e. The van der Waals surface area contributed by atoms with Crippen LogP contribution in [0.4, 0.5) is 5.82 Å². The van der Waals surface area contributed by atoms with Gasteiger partial charge < -0.3 is 10.2 Å². The summed E-state index contributed by atoms with van der Waals surface area (Å²) in [5.41, 5.74) is 0.668. The van der Waals surface area contributed by atoms with Gasteiger partial charge in [-0.15, -0.1) is 0 Å². The SMILES string of the molecule is CCCNc1ncc(Br)cc1C(=O)N1CCCC(C)C1. The van der Waals surface area contributed by atoms with Gasteiger partial charge in [0.2, 0.25) is 0 Å². The first kappa shape index (κ1) is 15.3. The number of amides is 1. The normalized spacial score (nSPS) is 18.9. The van der Waals surface area contributed by atoms with Crippen LogP contribution in [0.5, 0.6) is 0 Å². The van der Waals surface area contributed by atoms with E-state index < -0.39 is 0 Å². The Morgan fingerprint density at radius 3 is 3.10 bits per heavy atom. The second-order valence-electron chi connectivity index (χ2n) is 5.48. The standard InChI is InChI=1S/C15H22BrN3O/c1-3-6-17-14-13(8-12(16)9-18-14)15(20)19-7-4-5-11(2)10-19/h8-9,11H,3-7,10H2,1-2H3,(H,17,18). The van der Waals surface area contributed by atoms with Crippen molar-refractivity contribution in [2.24, 2.45) is 5.92 Å². The second kappa shape index (κ2) is 7.07. The van der Waals surface area contributed by atoms with Gasteiger partial charge in [-0.3, -0.25) is 4.79 Å². The van der Waals surface area contributed by atoms with Crippen molar-refractivity contribution in [1.82, 2.24) is 9.88 Å². The molecular weight excluding hydrogens is 318 g/mol. The molecule has 0 aliphatic carbocycles. The number of rotatable bonds is 4. The first-order chi connectivity index (χ1) is 9.61. The van der Waals surface area contributed by atoms with E-state index in [9.17, 15) is 4.79 Å². The van der Waals surface area contributed by atoms with Crippen molar-refractivity contribution < 1.29 is 4.79 Å². The fourth-order valence-corrected chi connectivity index (χ4v) is 2.86. The number of aromatic nitrogens is 1. The molecule has 0 spiro atoms. The zero-order chi connectivity index (χ0) is 14.5. The third-order valence-electron chi connectivity index (χ3n) is 3.57. The van der Waals surface area contributed by atoms with E-state index >= 15 is 0 Å². The molecule has 1 aromatic heterocycles. The highest BCUT2D eigenvalue weighted by Crippen LogP contribution is 2.23. The maximum absolute atomic E-state index is 12.7. The van der Waals surface area contributed by atoms with Crippen molar-refractivity contribution in [1.29, 1.82) is 0 Å². The first-order valence-corrected chi connectivity index (χ1v) is 8.09. The van der Waals surface area contributed by atoms with E-state index in [-0.39, 0.29) is 5.91 Å². The van der Waals surface area contributed by atoms with Crippen molar-refractivity contribution in [2.45, 2.75) is 33.1 Å². The Bertz CT molecular complexity index is 478. The third-order valence-corrected chi connectivity index (χ3v) is 4.01. The van der Waals surface area contributed by atoms with Gasteiger partial charge in [0.15, 0.2) is 0 Å². The Hall–Kier alpha value is -1.10. The van der Waals surface area contributed by atoms with Crippen LogP contribution in [-0.2, 0) is 0 Å². The van der Waals surface area contributed by atoms with Crippen molar-refractivity contribution >= 4 is 27.7 Å². The largest absolute Gasteiger partial charge is 0.369 e. The van der Waals surface area contributed by atoms with Crippen LogP contribution >= 0.6 is 15.9 Å². The summed E-state index contributed by atoms with van der Waals surface area (Å²) >= 11 is 3.41. The predicted octanol–water partition coefficient (Wildman–Crippen LogP) is 3.54. The third kappa shape index (κ3) is 3.72. The van der Waals surface area contributed by atoms with E-state index in [4.69, 9.17) is 0 Å². The van der Waals surface area contributed by atoms with Gasteiger partial charge in [0, 0.05) is 30.3 Å². The average molecular weight is 340 g/mol. The maximum atomic E-state index is 12.7. The predicted molar refractivity (Wildman–Crippen MR) is 85.0 cm³/mol. The van der Waals surface area contributed by atoms with E-state index in [1.807, 2.05) is 11.0 Å². The van der Waals surface area contributed by atoms with E-state index in [1.165, 1.54) is 6.42 Å². The van der Waals surface area contributed by atoms with E-state index in [1.54, 1.807) is 6.20 Å². The van der Waals surface area contributed by atoms with Crippen LogP contribution in [0.15, 0.2) is 16.7 Å². The molecule has 0 radical (unpaired) electrons. The molecule has 0 bridgehead atoms. The molecule has 0 aromatic carbocycles. The molecule has 1 unspecified atom stereocenters. The van der Waals surface area contributed by atoms with Gasteiger partial charge in [-0.05, 0) is 47.2 Å². The molecule has 1 fully saturated rings. The molecule has 1 saturated heterocycles. The number of carbonyl (C=O) groups excluding carboxylic acids is 1. The molecule has 1 aromatic rings. The fraction of sp³-hybridized carbons (Fsp3) is 0.600. The molecule has 110 valence electrons. The second-order valence-corrected chi connectivity index (χ2v) is 6.39. The van der Waals surface area contributed by atoms with E-state index in [0.717, 1.165) is 36.9 Å². The molecule has 1 aliphatic heterocycles. The summed E-state index contributed by atoms with van der Waals surface area (Å²) < 4.78 is 0.841. The highest BCUT2D eigenvalue weighted by atomic mass is 79.9. The monoisotopic (exact) mass is 339 g/mol. The van der Waals surface area contributed by atoms with Crippen LogP contribution in [-0.4, -0.2) is 35.4 Å². The summed E-state index contributed by atoms with van der Waals surface area (Å²) in [6, 6.07) is 1.87. The smallest absolute Gasteiger partial charge is 0.257 e. The molecule has 1 amide bonds. The quantitative estimate of drug-likeness (QED) is 0.912. The van der Waals surface area contributed by atoms with Crippen LogP contribution in [0.3, 0.4) is 0 Å². The lowest BCUT2D eigenvalue weighted by molar-refractivity contribution is 0.0683. The summed E-state index contributed by atoms with van der Waals surface area (Å²) in [5, 5.41) is 3.24. The lowest BCUT2D eigenvalue weighted by atomic mass is 9.99. The first-order valence-electron chi connectivity index (χ1n) is 7.30. The van der Waals surface area contributed by atoms with Crippen molar-refractivity contribution in [3.8, 4) is 0 Å². The highest BCUT2D eigenvalue weighted by molar-refractivity contribution is 9.10. The number of hydrogen-bond acceptors (Lipinski definition) is 3. The molecule has 2 heterocycles. The number of piperidine rings is 1. The van der Waals surface area contributed by atoms with Crippen molar-refractivity contribution in [3.05, 3.63) is 22.3 Å². The van der Waals surface area contributed by atoms with Gasteiger partial charge in [0.25, 0.3) is 5.91 Å². The summed E-state index contributed by atoms with van der Waals surface area (Å²) in [5.74, 6) is 1.36. The minimum atomic E-state index is 0.0870. The topological polar surface area (TPSA) is 45.2 Å². The zero-order valence-corrected chi connectivity index (χ0v) is 13.7. The Labute approximate surface area is 129 Å². The Kier molecular flexibility index (Phi) is 5.40. The molecule has 1 N–H and O–H groups in total. The fourth-order valence-electron chi connectivity index (χ4n) is 2.53. The Morgan fingerprint density at radius 2 is 2.40 bits per heavy atom. The molecule has 0 saturated carbocycles. The van der Waals surface area contributed by atoms with E-state index in [0.29, 0.717) is 17.3 Å². The van der Waals surface area contributed by atoms with Gasteiger partial charge in [0.1, 0.15) is 5.82 Å². The average Bonchev–Trinajstić information content (AvgIpc) is 2.45. The van der Waals surface area contributed by atoms with Gasteiger partial charge in [-0.2, -0.15) is 0 Å². The Morgan fingerprint density at radius 1 is 1.60 bits per heavy atom. The molecule has 1 aliphatic rings. The lowest BCUT2D eigenvalue weighted by Crippen LogP contribution is -2.39.